The molecule has 18 heavy (non-hydrogen) atoms. The fourth-order valence-corrected chi connectivity index (χ4v) is 2.53. The predicted molar refractivity (Wildman–Crippen MR) is 81.0 cm³/mol. The largest absolute Gasteiger partial charge is 0.339 e. The van der Waals surface area contributed by atoms with Gasteiger partial charge in [0.25, 0.3) is 11.5 Å². The Morgan fingerprint density at radius 2 is 1.94 bits per heavy atom. The van der Waals surface area contributed by atoms with Crippen LogP contribution in [0.3, 0.4) is 0 Å². The molecule has 0 atom stereocenters. The van der Waals surface area contributed by atoms with Gasteiger partial charge in [0, 0.05) is 22.4 Å². The van der Waals surface area contributed by atoms with Crippen molar-refractivity contribution in [2.75, 3.05) is 13.1 Å². The summed E-state index contributed by atoms with van der Waals surface area (Å²) < 4.78 is 0.949. The Morgan fingerprint density at radius 1 is 1.33 bits per heavy atom. The SMILES string of the molecule is CCCc1[nH]c(=O)c(C(=O)N(CC)CC)cc1I. The molecule has 1 aromatic rings. The summed E-state index contributed by atoms with van der Waals surface area (Å²) in [5.74, 6) is -0.192. The third-order valence-electron chi connectivity index (χ3n) is 2.85. The van der Waals surface area contributed by atoms with E-state index in [0.717, 1.165) is 22.1 Å². The fourth-order valence-electron chi connectivity index (χ4n) is 1.82. The van der Waals surface area contributed by atoms with Gasteiger partial charge < -0.3 is 9.88 Å². The molecule has 100 valence electrons. The number of nitrogens with one attached hydrogen (secondary N) is 1. The van der Waals surface area contributed by atoms with E-state index in [9.17, 15) is 9.59 Å². The van der Waals surface area contributed by atoms with Gasteiger partial charge in [-0.3, -0.25) is 9.59 Å². The molecule has 1 rings (SSSR count). The molecule has 0 aliphatic rings. The molecule has 0 aromatic carbocycles. The van der Waals surface area contributed by atoms with Crippen LogP contribution in [0.25, 0.3) is 0 Å². The summed E-state index contributed by atoms with van der Waals surface area (Å²) in [7, 11) is 0. The first-order chi connectivity index (χ1) is 8.54. The highest BCUT2D eigenvalue weighted by Crippen LogP contribution is 2.12. The van der Waals surface area contributed by atoms with Gasteiger partial charge in [-0.2, -0.15) is 0 Å². The highest BCUT2D eigenvalue weighted by Gasteiger charge is 2.17. The quantitative estimate of drug-likeness (QED) is 0.818. The molecule has 1 heterocycles. The third-order valence-corrected chi connectivity index (χ3v) is 3.81. The minimum atomic E-state index is -0.282. The highest BCUT2D eigenvalue weighted by atomic mass is 127. The lowest BCUT2D eigenvalue weighted by atomic mass is 10.2. The van der Waals surface area contributed by atoms with E-state index in [1.807, 2.05) is 13.8 Å². The second-order valence-corrected chi connectivity index (χ2v) is 5.23. The van der Waals surface area contributed by atoms with Gasteiger partial charge in [0.15, 0.2) is 0 Å². The number of rotatable bonds is 5. The van der Waals surface area contributed by atoms with Crippen LogP contribution in [-0.2, 0) is 6.42 Å². The zero-order valence-electron chi connectivity index (χ0n) is 11.0. The van der Waals surface area contributed by atoms with E-state index in [-0.39, 0.29) is 17.0 Å². The Labute approximate surface area is 121 Å². The van der Waals surface area contributed by atoms with Gasteiger partial charge >= 0.3 is 0 Å². The minimum absolute atomic E-state index is 0.192. The molecule has 0 bridgehead atoms. The molecule has 0 unspecified atom stereocenters. The number of carbonyl (C=O) groups excluding carboxylic acids is 1. The van der Waals surface area contributed by atoms with Gasteiger partial charge in [-0.1, -0.05) is 13.3 Å². The van der Waals surface area contributed by atoms with Crippen molar-refractivity contribution in [3.05, 3.63) is 31.2 Å². The predicted octanol–water partition coefficient (Wildman–Crippen LogP) is 2.41. The molecule has 0 fully saturated rings. The van der Waals surface area contributed by atoms with Gasteiger partial charge in [-0.25, -0.2) is 0 Å². The number of aromatic amines is 1. The number of halogens is 1. The van der Waals surface area contributed by atoms with Crippen molar-refractivity contribution in [1.82, 2.24) is 9.88 Å². The van der Waals surface area contributed by atoms with Crippen molar-refractivity contribution < 1.29 is 4.79 Å². The molecule has 0 saturated carbocycles. The Morgan fingerprint density at radius 3 is 2.44 bits per heavy atom. The molecule has 4 nitrogen and oxygen atoms in total. The summed E-state index contributed by atoms with van der Waals surface area (Å²) in [5, 5.41) is 0. The van der Waals surface area contributed by atoms with Crippen molar-refractivity contribution in [1.29, 1.82) is 0 Å². The van der Waals surface area contributed by atoms with E-state index < -0.39 is 0 Å². The first kappa shape index (κ1) is 15.2. The highest BCUT2D eigenvalue weighted by molar-refractivity contribution is 14.1. The van der Waals surface area contributed by atoms with Crippen molar-refractivity contribution >= 4 is 28.5 Å². The first-order valence-corrected chi connectivity index (χ1v) is 7.33. The molecule has 1 N–H and O–H groups in total. The standard InChI is InChI=1S/C13H19IN2O2/c1-4-7-11-10(14)8-9(12(17)15-11)13(18)16(5-2)6-3/h8H,4-7H2,1-3H3,(H,15,17). The van der Waals surface area contributed by atoms with Gasteiger partial charge in [0.2, 0.25) is 0 Å². The molecule has 1 amide bonds. The van der Waals surface area contributed by atoms with Crippen molar-refractivity contribution in [3.8, 4) is 0 Å². The van der Waals surface area contributed by atoms with Gasteiger partial charge in [0.1, 0.15) is 5.56 Å². The van der Waals surface area contributed by atoms with Crippen LogP contribution in [0, 0.1) is 3.57 Å². The number of H-pyrrole nitrogens is 1. The Kier molecular flexibility index (Phi) is 5.84. The molecule has 0 radical (unpaired) electrons. The number of pyridine rings is 1. The van der Waals surface area contributed by atoms with Crippen LogP contribution >= 0.6 is 22.6 Å². The fraction of sp³-hybridized carbons (Fsp3) is 0.538. The zero-order chi connectivity index (χ0) is 13.7. The van der Waals surface area contributed by atoms with Crippen LogP contribution in [0.15, 0.2) is 10.9 Å². The third kappa shape index (κ3) is 3.34. The normalized spacial score (nSPS) is 10.4. The van der Waals surface area contributed by atoms with E-state index in [4.69, 9.17) is 0 Å². The summed E-state index contributed by atoms with van der Waals surface area (Å²) in [6.07, 6.45) is 1.79. The number of nitrogens with zero attached hydrogens (tertiary/aromatic N) is 1. The van der Waals surface area contributed by atoms with Crippen molar-refractivity contribution in [2.45, 2.75) is 33.6 Å². The Balaban J connectivity index is 3.15. The lowest BCUT2D eigenvalue weighted by molar-refractivity contribution is 0.0771. The van der Waals surface area contributed by atoms with Crippen molar-refractivity contribution in [3.63, 3.8) is 0 Å². The second kappa shape index (κ2) is 6.92. The van der Waals surface area contributed by atoms with E-state index in [0.29, 0.717) is 13.1 Å². The number of carbonyl (C=O) groups is 1. The summed E-state index contributed by atoms with van der Waals surface area (Å²) >= 11 is 2.17. The maximum Gasteiger partial charge on any atom is 0.261 e. The van der Waals surface area contributed by atoms with E-state index in [1.54, 1.807) is 11.0 Å². The maximum atomic E-state index is 12.2. The minimum Gasteiger partial charge on any atom is -0.339 e. The molecular formula is C13H19IN2O2. The Hall–Kier alpha value is -0.850. The monoisotopic (exact) mass is 362 g/mol. The lowest BCUT2D eigenvalue weighted by Gasteiger charge is -2.18. The number of aryl methyl sites for hydroxylation is 1. The van der Waals surface area contributed by atoms with Gasteiger partial charge in [-0.05, 0) is 48.9 Å². The Bertz CT molecular complexity index is 478. The van der Waals surface area contributed by atoms with Crippen LogP contribution in [0.4, 0.5) is 0 Å². The number of aromatic nitrogens is 1. The average Bonchev–Trinajstić information content (AvgIpc) is 2.35. The second-order valence-electron chi connectivity index (χ2n) is 4.07. The molecular weight excluding hydrogens is 343 g/mol. The summed E-state index contributed by atoms with van der Waals surface area (Å²) in [4.78, 5) is 28.6. The van der Waals surface area contributed by atoms with E-state index in [2.05, 4.69) is 34.5 Å². The molecule has 0 aliphatic heterocycles. The number of amides is 1. The van der Waals surface area contributed by atoms with Gasteiger partial charge in [-0.15, -0.1) is 0 Å². The smallest absolute Gasteiger partial charge is 0.261 e. The summed E-state index contributed by atoms with van der Waals surface area (Å²) in [5.41, 5.74) is 0.873. The van der Waals surface area contributed by atoms with Crippen LogP contribution in [0.5, 0.6) is 0 Å². The molecule has 0 aliphatic carbocycles. The number of hydrogen-bond donors (Lipinski definition) is 1. The van der Waals surface area contributed by atoms with E-state index in [1.165, 1.54) is 0 Å². The maximum absolute atomic E-state index is 12.2. The molecule has 1 aromatic heterocycles. The molecule has 0 spiro atoms. The van der Waals surface area contributed by atoms with Crippen LogP contribution < -0.4 is 5.56 Å². The van der Waals surface area contributed by atoms with Gasteiger partial charge in [0.05, 0.1) is 0 Å². The van der Waals surface area contributed by atoms with Crippen LogP contribution in [-0.4, -0.2) is 28.9 Å². The molecule has 5 heteroatoms. The average molecular weight is 362 g/mol. The molecule has 0 saturated heterocycles. The number of hydrogen-bond acceptors (Lipinski definition) is 2. The van der Waals surface area contributed by atoms with Crippen molar-refractivity contribution in [2.24, 2.45) is 0 Å². The van der Waals surface area contributed by atoms with Crippen LogP contribution in [0.2, 0.25) is 0 Å². The summed E-state index contributed by atoms with van der Waals surface area (Å²) in [6.45, 7) is 7.10. The van der Waals surface area contributed by atoms with E-state index >= 15 is 0 Å². The summed E-state index contributed by atoms with van der Waals surface area (Å²) in [6, 6.07) is 1.70. The van der Waals surface area contributed by atoms with Crippen LogP contribution in [0.1, 0.15) is 43.2 Å². The lowest BCUT2D eigenvalue weighted by Crippen LogP contribution is -2.35. The topological polar surface area (TPSA) is 53.2 Å². The first-order valence-electron chi connectivity index (χ1n) is 6.26. The zero-order valence-corrected chi connectivity index (χ0v) is 13.2.